The van der Waals surface area contributed by atoms with Crippen molar-refractivity contribution < 1.29 is 9.90 Å². The number of rotatable bonds is 4. The number of hydrogen-bond donors (Lipinski definition) is 1. The van der Waals surface area contributed by atoms with Crippen LogP contribution in [0.1, 0.15) is 56.1 Å². The molecular weight excluding hydrogens is 344 g/mol. The van der Waals surface area contributed by atoms with Gasteiger partial charge in [0.25, 0.3) is 0 Å². The Morgan fingerprint density at radius 1 is 1.22 bits per heavy atom. The third-order valence-corrected chi connectivity index (χ3v) is 6.03. The summed E-state index contributed by atoms with van der Waals surface area (Å²) >= 11 is 0. The molecule has 1 saturated carbocycles. The summed E-state index contributed by atoms with van der Waals surface area (Å²) in [6.45, 7) is 2.19. The Kier molecular flexibility index (Phi) is 5.24. The summed E-state index contributed by atoms with van der Waals surface area (Å²) in [7, 11) is 2.00. The highest BCUT2D eigenvalue weighted by Crippen LogP contribution is 2.30. The minimum Gasteiger partial charge on any atom is -0.393 e. The van der Waals surface area contributed by atoms with E-state index in [1.165, 1.54) is 0 Å². The van der Waals surface area contributed by atoms with Gasteiger partial charge in [0.2, 0.25) is 5.91 Å². The van der Waals surface area contributed by atoms with E-state index in [-0.39, 0.29) is 23.8 Å². The highest BCUT2D eigenvalue weighted by molar-refractivity contribution is 5.79. The highest BCUT2D eigenvalue weighted by Gasteiger charge is 2.33. The summed E-state index contributed by atoms with van der Waals surface area (Å²) in [5, 5.41) is 18.5. The van der Waals surface area contributed by atoms with E-state index >= 15 is 0 Å². The molecule has 146 valence electrons. The van der Waals surface area contributed by atoms with Gasteiger partial charge in [-0.1, -0.05) is 0 Å². The second-order valence-corrected chi connectivity index (χ2v) is 7.90. The molecule has 0 spiro atoms. The minimum absolute atomic E-state index is 0.0726. The van der Waals surface area contributed by atoms with Gasteiger partial charge in [-0.3, -0.25) is 4.79 Å². The van der Waals surface area contributed by atoms with Gasteiger partial charge in [0, 0.05) is 44.4 Å². The lowest BCUT2D eigenvalue weighted by molar-refractivity contribution is -0.138. The molecule has 1 N–H and O–H groups in total. The Hall–Kier alpha value is -2.22. The number of likely N-dealkylation sites (tertiary alicyclic amines) is 1. The number of hydrogen-bond acceptors (Lipinski definition) is 5. The zero-order chi connectivity index (χ0) is 18.8. The van der Waals surface area contributed by atoms with Crippen LogP contribution in [-0.4, -0.2) is 59.4 Å². The van der Waals surface area contributed by atoms with Crippen molar-refractivity contribution in [1.82, 2.24) is 29.2 Å². The van der Waals surface area contributed by atoms with Crippen LogP contribution in [0, 0.1) is 5.92 Å². The molecule has 1 aliphatic heterocycles. The number of imidazole rings is 1. The maximum Gasteiger partial charge on any atom is 0.225 e. The summed E-state index contributed by atoms with van der Waals surface area (Å²) in [5.74, 6) is 2.41. The first-order valence-electron chi connectivity index (χ1n) is 9.92. The summed E-state index contributed by atoms with van der Waals surface area (Å²) < 4.78 is 4.04. The van der Waals surface area contributed by atoms with Crippen molar-refractivity contribution in [3.05, 3.63) is 30.4 Å². The predicted molar refractivity (Wildman–Crippen MR) is 98.9 cm³/mol. The molecule has 1 atom stereocenters. The first-order valence-corrected chi connectivity index (χ1v) is 9.92. The second-order valence-electron chi connectivity index (χ2n) is 7.90. The van der Waals surface area contributed by atoms with Crippen LogP contribution in [0.5, 0.6) is 0 Å². The fourth-order valence-electron chi connectivity index (χ4n) is 4.38. The van der Waals surface area contributed by atoms with E-state index in [0.29, 0.717) is 6.54 Å². The van der Waals surface area contributed by atoms with Crippen molar-refractivity contribution in [2.24, 2.45) is 13.0 Å². The van der Waals surface area contributed by atoms with Crippen LogP contribution in [0.2, 0.25) is 0 Å². The number of nitrogens with zero attached hydrogens (tertiary/aromatic N) is 6. The molecule has 2 aromatic rings. The monoisotopic (exact) mass is 372 g/mol. The molecule has 27 heavy (non-hydrogen) atoms. The molecule has 1 aliphatic carbocycles. The molecule has 2 aromatic heterocycles. The van der Waals surface area contributed by atoms with Crippen molar-refractivity contribution in [2.75, 3.05) is 13.1 Å². The van der Waals surface area contributed by atoms with Crippen molar-refractivity contribution in [1.29, 1.82) is 0 Å². The lowest BCUT2D eigenvalue weighted by atomic mass is 9.85. The third kappa shape index (κ3) is 3.90. The topological polar surface area (TPSA) is 89.1 Å². The highest BCUT2D eigenvalue weighted by atomic mass is 16.3. The van der Waals surface area contributed by atoms with Gasteiger partial charge in [-0.2, -0.15) is 0 Å². The van der Waals surface area contributed by atoms with Crippen LogP contribution in [0.3, 0.4) is 0 Å². The fourth-order valence-corrected chi connectivity index (χ4v) is 4.38. The molecule has 0 unspecified atom stereocenters. The Morgan fingerprint density at radius 2 is 2.04 bits per heavy atom. The normalized spacial score (nSPS) is 26.3. The first kappa shape index (κ1) is 18.2. The van der Waals surface area contributed by atoms with Gasteiger partial charge in [0.1, 0.15) is 5.82 Å². The first-order chi connectivity index (χ1) is 13.1. The molecule has 2 aliphatic rings. The summed E-state index contributed by atoms with van der Waals surface area (Å²) in [6.07, 6.45) is 10.3. The summed E-state index contributed by atoms with van der Waals surface area (Å²) in [5.41, 5.74) is 0. The molecule has 1 amide bonds. The van der Waals surface area contributed by atoms with E-state index in [1.54, 1.807) is 12.5 Å². The standard InChI is InChI=1S/C19H28N6O2/c1-23-17(12-24-10-8-20-13-24)21-22-18(23)15-3-2-9-25(11-15)19(27)14-4-6-16(26)7-5-14/h8,10,13-16,26H,2-7,9,11-12H2,1H3/t14?,15-,16?/m0/s1. The molecule has 4 rings (SSSR count). The van der Waals surface area contributed by atoms with Crippen LogP contribution in [-0.2, 0) is 18.4 Å². The van der Waals surface area contributed by atoms with Crippen LogP contribution in [0.15, 0.2) is 18.7 Å². The van der Waals surface area contributed by atoms with E-state index in [9.17, 15) is 9.90 Å². The molecule has 0 bridgehead atoms. The third-order valence-electron chi connectivity index (χ3n) is 6.03. The van der Waals surface area contributed by atoms with E-state index in [4.69, 9.17) is 0 Å². The number of aliphatic hydroxyl groups excluding tert-OH is 1. The van der Waals surface area contributed by atoms with Crippen LogP contribution >= 0.6 is 0 Å². The smallest absolute Gasteiger partial charge is 0.225 e. The number of carbonyl (C=O) groups excluding carboxylic acids is 1. The largest absolute Gasteiger partial charge is 0.393 e. The van der Waals surface area contributed by atoms with Crippen molar-refractivity contribution in [3.63, 3.8) is 0 Å². The van der Waals surface area contributed by atoms with Gasteiger partial charge >= 0.3 is 0 Å². The van der Waals surface area contributed by atoms with Crippen LogP contribution in [0.4, 0.5) is 0 Å². The van der Waals surface area contributed by atoms with Crippen molar-refractivity contribution >= 4 is 5.91 Å². The zero-order valence-corrected chi connectivity index (χ0v) is 15.9. The number of amides is 1. The SMILES string of the molecule is Cn1c(Cn2ccnc2)nnc1[C@H]1CCCN(C(=O)C2CCC(O)CC2)C1. The Morgan fingerprint density at radius 3 is 2.78 bits per heavy atom. The molecule has 0 radical (unpaired) electrons. The van der Waals surface area contributed by atoms with Crippen molar-refractivity contribution in [3.8, 4) is 0 Å². The van der Waals surface area contributed by atoms with E-state index in [1.807, 2.05) is 22.7 Å². The second kappa shape index (κ2) is 7.80. The number of piperidine rings is 1. The number of aromatic nitrogens is 5. The Balaban J connectivity index is 1.42. The molecule has 0 aromatic carbocycles. The van der Waals surface area contributed by atoms with E-state index < -0.39 is 0 Å². The molecule has 8 heteroatoms. The lowest BCUT2D eigenvalue weighted by Crippen LogP contribution is -2.43. The van der Waals surface area contributed by atoms with Crippen LogP contribution in [0.25, 0.3) is 0 Å². The quantitative estimate of drug-likeness (QED) is 0.874. The van der Waals surface area contributed by atoms with Gasteiger partial charge in [-0.15, -0.1) is 10.2 Å². The summed E-state index contributed by atoms with van der Waals surface area (Å²) in [6, 6.07) is 0. The average Bonchev–Trinajstić information content (AvgIpc) is 3.33. The van der Waals surface area contributed by atoms with Gasteiger partial charge in [0.15, 0.2) is 5.82 Å². The maximum absolute atomic E-state index is 12.9. The zero-order valence-electron chi connectivity index (χ0n) is 15.9. The maximum atomic E-state index is 12.9. The molecule has 8 nitrogen and oxygen atoms in total. The summed E-state index contributed by atoms with van der Waals surface area (Å²) in [4.78, 5) is 19.0. The minimum atomic E-state index is -0.226. The molecule has 1 saturated heterocycles. The lowest BCUT2D eigenvalue weighted by Gasteiger charge is -2.36. The van der Waals surface area contributed by atoms with Crippen molar-refractivity contribution in [2.45, 2.75) is 57.1 Å². The molecule has 3 heterocycles. The number of carbonyl (C=O) groups is 1. The fraction of sp³-hybridized carbons (Fsp3) is 0.684. The Bertz CT molecular complexity index is 763. The Labute approximate surface area is 159 Å². The predicted octanol–water partition coefficient (Wildman–Crippen LogP) is 1.32. The van der Waals surface area contributed by atoms with E-state index in [2.05, 4.69) is 19.7 Å². The van der Waals surface area contributed by atoms with E-state index in [0.717, 1.165) is 63.3 Å². The van der Waals surface area contributed by atoms with Gasteiger partial charge < -0.3 is 19.1 Å². The van der Waals surface area contributed by atoms with Gasteiger partial charge in [-0.05, 0) is 38.5 Å². The van der Waals surface area contributed by atoms with Gasteiger partial charge in [0.05, 0.1) is 19.0 Å². The van der Waals surface area contributed by atoms with Gasteiger partial charge in [-0.25, -0.2) is 4.98 Å². The molecular formula is C19H28N6O2. The number of aliphatic hydroxyl groups is 1. The van der Waals surface area contributed by atoms with Crippen LogP contribution < -0.4 is 0 Å². The molecule has 2 fully saturated rings. The average molecular weight is 372 g/mol.